The highest BCUT2D eigenvalue weighted by atomic mass is 19.1. The van der Waals surface area contributed by atoms with Gasteiger partial charge >= 0.3 is 11.1 Å². The van der Waals surface area contributed by atoms with E-state index in [1.807, 2.05) is 6.92 Å². The maximum Gasteiger partial charge on any atom is 0.320 e. The second-order valence-electron chi connectivity index (χ2n) is 5.46. The summed E-state index contributed by atoms with van der Waals surface area (Å²) in [5.41, 5.74) is -0.146. The van der Waals surface area contributed by atoms with E-state index in [1.54, 1.807) is 36.4 Å². The number of halogens is 1. The Morgan fingerprint density at radius 2 is 1.76 bits per heavy atom. The molecule has 0 saturated heterocycles. The van der Waals surface area contributed by atoms with Gasteiger partial charge in [0.2, 0.25) is 0 Å². The van der Waals surface area contributed by atoms with Crippen molar-refractivity contribution in [2.45, 2.75) is 13.5 Å². The molecule has 1 heterocycles. The van der Waals surface area contributed by atoms with Crippen molar-refractivity contribution in [1.82, 2.24) is 9.13 Å². The van der Waals surface area contributed by atoms with Crippen molar-refractivity contribution in [3.63, 3.8) is 0 Å². The normalized spacial score (nSPS) is 10.6. The van der Waals surface area contributed by atoms with Crippen molar-refractivity contribution < 1.29 is 9.13 Å². The lowest BCUT2D eigenvalue weighted by atomic mass is 10.2. The molecule has 128 valence electrons. The molecule has 6 heteroatoms. The Morgan fingerprint density at radius 1 is 1.00 bits per heavy atom. The van der Waals surface area contributed by atoms with Crippen LogP contribution >= 0.6 is 0 Å². The van der Waals surface area contributed by atoms with E-state index in [1.165, 1.54) is 33.7 Å². The molecule has 0 unspecified atom stereocenters. The van der Waals surface area contributed by atoms with Gasteiger partial charge in [-0.3, -0.25) is 14.2 Å². The first-order valence-corrected chi connectivity index (χ1v) is 7.88. The fraction of sp³-hybridized carbons (Fsp3) is 0.158. The highest BCUT2D eigenvalue weighted by Crippen LogP contribution is 2.14. The number of hydrogen-bond acceptors (Lipinski definition) is 3. The third-order valence-electron chi connectivity index (χ3n) is 3.73. The van der Waals surface area contributed by atoms with Gasteiger partial charge in [-0.25, -0.2) is 4.39 Å². The summed E-state index contributed by atoms with van der Waals surface area (Å²) in [6, 6.07) is 12.8. The fourth-order valence-electron chi connectivity index (χ4n) is 2.54. The molecule has 5 nitrogen and oxygen atoms in total. The number of benzene rings is 2. The Balaban J connectivity index is 1.92. The number of nitrogens with zero attached hydrogens (tertiary/aromatic N) is 2. The molecule has 25 heavy (non-hydrogen) atoms. The van der Waals surface area contributed by atoms with Gasteiger partial charge in [-0.2, -0.15) is 0 Å². The second kappa shape index (κ2) is 7.17. The summed E-state index contributed by atoms with van der Waals surface area (Å²) >= 11 is 0. The SMILES string of the molecule is CCOc1ccc(-n2ccn(Cc3cccc(F)c3)c(=O)c2=O)cc1. The molecule has 0 atom stereocenters. The molecule has 0 bridgehead atoms. The van der Waals surface area contributed by atoms with E-state index in [-0.39, 0.29) is 12.4 Å². The van der Waals surface area contributed by atoms with Crippen LogP contribution in [0.25, 0.3) is 5.69 Å². The fourth-order valence-corrected chi connectivity index (χ4v) is 2.54. The van der Waals surface area contributed by atoms with Crippen molar-refractivity contribution in [1.29, 1.82) is 0 Å². The lowest BCUT2D eigenvalue weighted by molar-refractivity contribution is 0.340. The Labute approximate surface area is 143 Å². The molecule has 0 radical (unpaired) electrons. The molecule has 0 amide bonds. The summed E-state index contributed by atoms with van der Waals surface area (Å²) in [6.45, 7) is 2.57. The predicted molar refractivity (Wildman–Crippen MR) is 93.0 cm³/mol. The van der Waals surface area contributed by atoms with Crippen molar-refractivity contribution in [3.8, 4) is 11.4 Å². The maximum absolute atomic E-state index is 13.3. The van der Waals surface area contributed by atoms with Gasteiger partial charge < -0.3 is 9.30 Å². The van der Waals surface area contributed by atoms with E-state index in [0.29, 0.717) is 23.6 Å². The van der Waals surface area contributed by atoms with Gasteiger partial charge in [-0.05, 0) is 48.9 Å². The Morgan fingerprint density at radius 3 is 2.44 bits per heavy atom. The number of aromatic nitrogens is 2. The summed E-state index contributed by atoms with van der Waals surface area (Å²) in [6.07, 6.45) is 3.05. The van der Waals surface area contributed by atoms with Crippen LogP contribution in [0.2, 0.25) is 0 Å². The van der Waals surface area contributed by atoms with Crippen molar-refractivity contribution in [2.75, 3.05) is 6.61 Å². The third-order valence-corrected chi connectivity index (χ3v) is 3.73. The topological polar surface area (TPSA) is 53.2 Å². The average Bonchev–Trinajstić information content (AvgIpc) is 2.60. The van der Waals surface area contributed by atoms with E-state index >= 15 is 0 Å². The minimum Gasteiger partial charge on any atom is -0.494 e. The van der Waals surface area contributed by atoms with Gasteiger partial charge in [0.25, 0.3) is 0 Å². The minimum absolute atomic E-state index is 0.135. The molecule has 3 aromatic rings. The van der Waals surface area contributed by atoms with Crippen LogP contribution in [0.1, 0.15) is 12.5 Å². The monoisotopic (exact) mass is 340 g/mol. The number of rotatable bonds is 5. The smallest absolute Gasteiger partial charge is 0.320 e. The predicted octanol–water partition coefficient (Wildman–Crippen LogP) is 2.59. The maximum atomic E-state index is 13.3. The lowest BCUT2D eigenvalue weighted by Crippen LogP contribution is -2.40. The van der Waals surface area contributed by atoms with E-state index in [4.69, 9.17) is 4.74 Å². The van der Waals surface area contributed by atoms with Gasteiger partial charge in [-0.15, -0.1) is 0 Å². The Hall–Kier alpha value is -3.15. The van der Waals surface area contributed by atoms with Crippen molar-refractivity contribution in [3.05, 3.63) is 93.0 Å². The van der Waals surface area contributed by atoms with Crippen LogP contribution in [0.3, 0.4) is 0 Å². The van der Waals surface area contributed by atoms with Crippen LogP contribution in [0.4, 0.5) is 4.39 Å². The molecule has 0 saturated carbocycles. The standard InChI is InChI=1S/C19H17FN2O3/c1-2-25-17-8-6-16(7-9-17)22-11-10-21(18(23)19(22)24)13-14-4-3-5-15(20)12-14/h3-12H,2,13H2,1H3. The van der Waals surface area contributed by atoms with Crippen molar-refractivity contribution in [2.24, 2.45) is 0 Å². The van der Waals surface area contributed by atoms with Gasteiger partial charge in [0, 0.05) is 18.1 Å². The molecule has 2 aromatic carbocycles. The van der Waals surface area contributed by atoms with Crippen molar-refractivity contribution >= 4 is 0 Å². The first kappa shape index (κ1) is 16.7. The van der Waals surface area contributed by atoms with E-state index in [2.05, 4.69) is 0 Å². The van der Waals surface area contributed by atoms with Crippen LogP contribution in [0.5, 0.6) is 5.75 Å². The largest absolute Gasteiger partial charge is 0.494 e. The van der Waals surface area contributed by atoms with Crippen LogP contribution in [0.15, 0.2) is 70.5 Å². The van der Waals surface area contributed by atoms with Crippen LogP contribution in [0, 0.1) is 5.82 Å². The van der Waals surface area contributed by atoms with Crippen LogP contribution in [-0.2, 0) is 6.54 Å². The van der Waals surface area contributed by atoms with Crippen LogP contribution < -0.4 is 15.9 Å². The molecule has 0 N–H and O–H groups in total. The number of ether oxygens (including phenoxy) is 1. The Bertz CT molecular complexity index is 991. The van der Waals surface area contributed by atoms with E-state index in [0.717, 1.165) is 0 Å². The first-order chi connectivity index (χ1) is 12.1. The third kappa shape index (κ3) is 3.68. The second-order valence-corrected chi connectivity index (χ2v) is 5.46. The zero-order valence-corrected chi connectivity index (χ0v) is 13.7. The van der Waals surface area contributed by atoms with Gasteiger partial charge in [0.05, 0.1) is 13.2 Å². The molecule has 0 fully saturated rings. The molecule has 0 aliphatic carbocycles. The summed E-state index contributed by atoms with van der Waals surface area (Å²) in [5.74, 6) is 0.312. The van der Waals surface area contributed by atoms with Gasteiger partial charge in [0.1, 0.15) is 11.6 Å². The molecule has 0 aliphatic rings. The molecule has 1 aromatic heterocycles. The molecule has 0 aliphatic heterocycles. The highest BCUT2D eigenvalue weighted by molar-refractivity contribution is 5.37. The number of hydrogen-bond donors (Lipinski definition) is 0. The van der Waals surface area contributed by atoms with Crippen LogP contribution in [-0.4, -0.2) is 15.7 Å². The quantitative estimate of drug-likeness (QED) is 0.671. The first-order valence-electron chi connectivity index (χ1n) is 7.88. The summed E-state index contributed by atoms with van der Waals surface area (Å²) in [7, 11) is 0. The van der Waals surface area contributed by atoms with E-state index < -0.39 is 11.1 Å². The minimum atomic E-state index is -0.666. The van der Waals surface area contributed by atoms with Gasteiger partial charge in [-0.1, -0.05) is 12.1 Å². The lowest BCUT2D eigenvalue weighted by Gasteiger charge is -2.10. The summed E-state index contributed by atoms with van der Waals surface area (Å²) in [5, 5.41) is 0. The molecule has 3 rings (SSSR count). The van der Waals surface area contributed by atoms with E-state index in [9.17, 15) is 14.0 Å². The summed E-state index contributed by atoms with van der Waals surface area (Å²) in [4.78, 5) is 24.7. The zero-order valence-electron chi connectivity index (χ0n) is 13.7. The van der Waals surface area contributed by atoms with Gasteiger partial charge in [0.15, 0.2) is 0 Å². The summed E-state index contributed by atoms with van der Waals surface area (Å²) < 4.78 is 21.2. The highest BCUT2D eigenvalue weighted by Gasteiger charge is 2.08. The zero-order chi connectivity index (χ0) is 17.8. The molecule has 0 spiro atoms. The Kier molecular flexibility index (Phi) is 4.79. The molecular weight excluding hydrogens is 323 g/mol. The average molecular weight is 340 g/mol. The molecular formula is C19H17FN2O3.